The summed E-state index contributed by atoms with van der Waals surface area (Å²) in [4.78, 5) is 16.9. The molecule has 0 aromatic heterocycles. The summed E-state index contributed by atoms with van der Waals surface area (Å²) in [5, 5.41) is 0.585. The fraction of sp³-hybridized carbons (Fsp3) is 0.611. The minimum absolute atomic E-state index is 0.0560. The van der Waals surface area contributed by atoms with Gasteiger partial charge in [-0.2, -0.15) is 0 Å². The van der Waals surface area contributed by atoms with Gasteiger partial charge in [0.05, 0.1) is 11.7 Å². The minimum Gasteiger partial charge on any atom is -0.340 e. The average Bonchev–Trinajstić information content (AvgIpc) is 2.64. The summed E-state index contributed by atoms with van der Waals surface area (Å²) in [7, 11) is -1.39. The van der Waals surface area contributed by atoms with Gasteiger partial charge in [-0.25, -0.2) is 12.7 Å². The van der Waals surface area contributed by atoms with Gasteiger partial charge >= 0.3 is 0 Å². The summed E-state index contributed by atoms with van der Waals surface area (Å²) in [6, 6.07) is 6.86. The molecule has 0 unspecified atom stereocenters. The van der Waals surface area contributed by atoms with Crippen LogP contribution in [0.25, 0.3) is 0 Å². The van der Waals surface area contributed by atoms with Gasteiger partial charge in [0.2, 0.25) is 15.9 Å². The number of rotatable bonds is 4. The second kappa shape index (κ2) is 8.25. The highest BCUT2D eigenvalue weighted by molar-refractivity contribution is 7.88. The molecule has 8 heteroatoms. The Morgan fingerprint density at radius 3 is 2.42 bits per heavy atom. The number of carbonyl (C=O) groups excluding carboxylic acids is 1. The third-order valence-corrected chi connectivity index (χ3v) is 7.27. The van der Waals surface area contributed by atoms with Crippen LogP contribution in [0.4, 0.5) is 0 Å². The number of piperazine rings is 1. The van der Waals surface area contributed by atoms with E-state index < -0.39 is 10.0 Å². The molecule has 2 saturated heterocycles. The van der Waals surface area contributed by atoms with E-state index in [1.54, 1.807) is 24.3 Å². The topological polar surface area (TPSA) is 60.9 Å². The number of carbonyl (C=O) groups is 1. The summed E-state index contributed by atoms with van der Waals surface area (Å²) in [5.74, 6) is -0.184. The Labute approximate surface area is 160 Å². The monoisotopic (exact) mass is 399 g/mol. The molecular weight excluding hydrogens is 374 g/mol. The lowest BCUT2D eigenvalue weighted by Gasteiger charge is -2.37. The van der Waals surface area contributed by atoms with Gasteiger partial charge in [-0.3, -0.25) is 4.79 Å². The van der Waals surface area contributed by atoms with Gasteiger partial charge in [0.15, 0.2) is 0 Å². The van der Waals surface area contributed by atoms with E-state index in [0.717, 1.165) is 39.0 Å². The Bertz CT molecular complexity index is 731. The van der Waals surface area contributed by atoms with E-state index in [1.165, 1.54) is 4.31 Å². The SMILES string of the molecule is CN1CCN(C(=O)[C@@H]2CCCN(S(=O)(=O)Cc3ccc(Cl)cc3)C2)CC1. The maximum atomic E-state index is 12.8. The molecule has 0 N–H and O–H groups in total. The Kier molecular flexibility index (Phi) is 6.22. The lowest BCUT2D eigenvalue weighted by atomic mass is 9.98. The molecule has 0 radical (unpaired) electrons. The molecule has 144 valence electrons. The van der Waals surface area contributed by atoms with E-state index >= 15 is 0 Å². The molecule has 0 saturated carbocycles. The van der Waals surface area contributed by atoms with Crippen LogP contribution in [0.15, 0.2) is 24.3 Å². The number of likely N-dealkylation sites (N-methyl/N-ethyl adjacent to an activating group) is 1. The first kappa shape index (κ1) is 19.6. The maximum absolute atomic E-state index is 12.8. The first-order valence-electron chi connectivity index (χ1n) is 9.05. The standard InChI is InChI=1S/C18H26ClN3O3S/c1-20-9-11-21(12-10-20)18(23)16-3-2-8-22(13-16)26(24,25)14-15-4-6-17(19)7-5-15/h4-7,16H,2-3,8-14H2,1H3/t16-/m1/s1. The quantitative estimate of drug-likeness (QED) is 0.772. The largest absolute Gasteiger partial charge is 0.340 e. The fourth-order valence-corrected chi connectivity index (χ4v) is 5.30. The molecule has 0 spiro atoms. The molecule has 2 aliphatic rings. The van der Waals surface area contributed by atoms with Crippen molar-refractivity contribution >= 4 is 27.5 Å². The number of benzene rings is 1. The Morgan fingerprint density at radius 2 is 1.77 bits per heavy atom. The van der Waals surface area contributed by atoms with Crippen LogP contribution >= 0.6 is 11.6 Å². The molecule has 0 bridgehead atoms. The van der Waals surface area contributed by atoms with Crippen LogP contribution in [0.3, 0.4) is 0 Å². The van der Waals surface area contributed by atoms with E-state index in [-0.39, 0.29) is 17.6 Å². The Balaban J connectivity index is 1.63. The fourth-order valence-electron chi connectivity index (χ4n) is 3.56. The number of nitrogens with zero attached hydrogens (tertiary/aromatic N) is 3. The molecule has 3 rings (SSSR count). The van der Waals surface area contributed by atoms with E-state index in [2.05, 4.69) is 4.90 Å². The summed E-state index contributed by atoms with van der Waals surface area (Å²) < 4.78 is 27.1. The van der Waals surface area contributed by atoms with Crippen LogP contribution in [-0.2, 0) is 20.6 Å². The predicted molar refractivity (Wildman–Crippen MR) is 102 cm³/mol. The van der Waals surface area contributed by atoms with Crippen molar-refractivity contribution in [2.45, 2.75) is 18.6 Å². The third kappa shape index (κ3) is 4.76. The van der Waals surface area contributed by atoms with Crippen molar-refractivity contribution < 1.29 is 13.2 Å². The molecule has 26 heavy (non-hydrogen) atoms. The van der Waals surface area contributed by atoms with Gasteiger partial charge in [0.1, 0.15) is 0 Å². The molecule has 2 fully saturated rings. The number of hydrogen-bond donors (Lipinski definition) is 0. The van der Waals surface area contributed by atoms with Gasteiger partial charge in [0, 0.05) is 44.3 Å². The highest BCUT2D eigenvalue weighted by Gasteiger charge is 2.34. The number of sulfonamides is 1. The molecule has 0 aliphatic carbocycles. The highest BCUT2D eigenvalue weighted by atomic mass is 35.5. The van der Waals surface area contributed by atoms with Crippen molar-refractivity contribution in [1.82, 2.24) is 14.1 Å². The van der Waals surface area contributed by atoms with E-state index in [1.807, 2.05) is 11.9 Å². The number of hydrogen-bond acceptors (Lipinski definition) is 4. The van der Waals surface area contributed by atoms with Crippen LogP contribution in [0.5, 0.6) is 0 Å². The summed E-state index contributed by atoms with van der Waals surface area (Å²) in [6.45, 7) is 3.98. The Morgan fingerprint density at radius 1 is 1.12 bits per heavy atom. The number of amides is 1. The second-order valence-electron chi connectivity index (χ2n) is 7.21. The molecule has 2 aliphatic heterocycles. The van der Waals surface area contributed by atoms with Crippen molar-refractivity contribution in [3.05, 3.63) is 34.9 Å². The first-order chi connectivity index (χ1) is 12.3. The molecule has 6 nitrogen and oxygen atoms in total. The van der Waals surface area contributed by atoms with Crippen molar-refractivity contribution in [3.8, 4) is 0 Å². The van der Waals surface area contributed by atoms with Crippen LogP contribution < -0.4 is 0 Å². The predicted octanol–water partition coefficient (Wildman–Crippen LogP) is 1.66. The lowest BCUT2D eigenvalue weighted by Crippen LogP contribution is -2.52. The number of halogens is 1. The van der Waals surface area contributed by atoms with Crippen molar-refractivity contribution in [2.75, 3.05) is 46.3 Å². The zero-order valence-electron chi connectivity index (χ0n) is 15.1. The normalized spacial score (nSPS) is 23.2. The van der Waals surface area contributed by atoms with Gasteiger partial charge < -0.3 is 9.80 Å². The molecular formula is C18H26ClN3O3S. The van der Waals surface area contributed by atoms with Crippen LogP contribution in [0.2, 0.25) is 5.02 Å². The van der Waals surface area contributed by atoms with Gasteiger partial charge in [-0.1, -0.05) is 23.7 Å². The molecule has 1 aromatic carbocycles. The van der Waals surface area contributed by atoms with Crippen LogP contribution in [0.1, 0.15) is 18.4 Å². The van der Waals surface area contributed by atoms with Crippen molar-refractivity contribution in [1.29, 1.82) is 0 Å². The first-order valence-corrected chi connectivity index (χ1v) is 11.0. The number of piperidine rings is 1. The van der Waals surface area contributed by atoms with E-state index in [0.29, 0.717) is 23.7 Å². The third-order valence-electron chi connectivity index (χ3n) is 5.20. The van der Waals surface area contributed by atoms with Gasteiger partial charge in [0.25, 0.3) is 0 Å². The van der Waals surface area contributed by atoms with Crippen molar-refractivity contribution in [2.24, 2.45) is 5.92 Å². The van der Waals surface area contributed by atoms with Crippen molar-refractivity contribution in [3.63, 3.8) is 0 Å². The van der Waals surface area contributed by atoms with E-state index in [4.69, 9.17) is 11.6 Å². The maximum Gasteiger partial charge on any atom is 0.227 e. The molecule has 1 amide bonds. The zero-order chi connectivity index (χ0) is 18.7. The van der Waals surface area contributed by atoms with Crippen LogP contribution in [0, 0.1) is 5.92 Å². The van der Waals surface area contributed by atoms with Gasteiger partial charge in [-0.15, -0.1) is 0 Å². The molecule has 1 aromatic rings. The summed E-state index contributed by atoms with van der Waals surface area (Å²) in [6.07, 6.45) is 1.49. The highest BCUT2D eigenvalue weighted by Crippen LogP contribution is 2.24. The second-order valence-corrected chi connectivity index (χ2v) is 9.61. The molecule has 2 heterocycles. The smallest absolute Gasteiger partial charge is 0.227 e. The molecule has 1 atom stereocenters. The van der Waals surface area contributed by atoms with E-state index in [9.17, 15) is 13.2 Å². The summed E-state index contributed by atoms with van der Waals surface area (Å²) in [5.41, 5.74) is 0.710. The minimum atomic E-state index is -3.44. The zero-order valence-corrected chi connectivity index (χ0v) is 16.7. The van der Waals surface area contributed by atoms with Crippen LogP contribution in [-0.4, -0.2) is 74.7 Å². The van der Waals surface area contributed by atoms with Gasteiger partial charge in [-0.05, 0) is 37.6 Å². The Hall–Kier alpha value is -1.15. The summed E-state index contributed by atoms with van der Waals surface area (Å²) >= 11 is 5.86. The lowest BCUT2D eigenvalue weighted by molar-refractivity contribution is -0.138. The average molecular weight is 400 g/mol.